The molecule has 0 heterocycles. The van der Waals surface area contributed by atoms with Crippen molar-refractivity contribution in [2.24, 2.45) is 0 Å². The molecule has 2 N–H and O–H groups in total. The molecule has 0 unspecified atom stereocenters. The summed E-state index contributed by atoms with van der Waals surface area (Å²) in [5.41, 5.74) is 2.32. The Morgan fingerprint density at radius 1 is 1.14 bits per heavy atom. The summed E-state index contributed by atoms with van der Waals surface area (Å²) in [7, 11) is 0. The van der Waals surface area contributed by atoms with Gasteiger partial charge < -0.3 is 10.6 Å². The first-order valence-electron chi connectivity index (χ1n) is 6.88. The minimum Gasteiger partial charge on any atom is -0.360 e. The number of nitro benzene ring substituents is 1. The maximum Gasteiger partial charge on any atom is 0.277 e. The Bertz CT molecular complexity index is 684. The predicted octanol–water partition coefficient (Wildman–Crippen LogP) is 3.96. The van der Waals surface area contributed by atoms with E-state index in [9.17, 15) is 10.1 Å². The van der Waals surface area contributed by atoms with Crippen LogP contribution in [0.4, 0.5) is 11.4 Å². The second-order valence-electron chi connectivity index (χ2n) is 5.10. The molecule has 0 aliphatic carbocycles. The summed E-state index contributed by atoms with van der Waals surface area (Å²) in [5, 5.41) is 17.8. The number of nitrogens with one attached hydrogen (secondary N) is 2. The molecular weight excluding hydrogens is 298 g/mol. The fourth-order valence-corrected chi connectivity index (χ4v) is 2.39. The first-order valence-corrected chi connectivity index (χ1v) is 7.29. The van der Waals surface area contributed by atoms with E-state index in [1.807, 2.05) is 38.1 Å². The summed E-state index contributed by atoms with van der Waals surface area (Å²) in [6.45, 7) is 4.01. The molecule has 2 aromatic carbocycles. The van der Waals surface area contributed by atoms with Gasteiger partial charge in [0.1, 0.15) is 0 Å². The Kier molecular flexibility index (Phi) is 5.06. The lowest BCUT2D eigenvalue weighted by atomic mass is 10.0. The third-order valence-corrected chi connectivity index (χ3v) is 3.19. The van der Waals surface area contributed by atoms with Crippen LogP contribution < -0.4 is 10.6 Å². The molecule has 0 fully saturated rings. The van der Waals surface area contributed by atoms with Gasteiger partial charge in [-0.3, -0.25) is 10.1 Å². The first-order chi connectivity index (χ1) is 10.5. The van der Waals surface area contributed by atoms with Crippen LogP contribution in [0.3, 0.4) is 0 Å². The highest BCUT2D eigenvalue weighted by Gasteiger charge is 2.13. The average molecular weight is 315 g/mol. The number of nitrogens with zero attached hydrogens (tertiary/aromatic N) is 1. The predicted molar refractivity (Wildman–Crippen MR) is 93.0 cm³/mol. The second kappa shape index (κ2) is 7.00. The zero-order valence-electron chi connectivity index (χ0n) is 12.4. The minimum atomic E-state index is -0.372. The number of hydrogen-bond donors (Lipinski definition) is 2. The van der Waals surface area contributed by atoms with E-state index < -0.39 is 0 Å². The number of thiocarbonyl (C=S) groups is 1. The van der Waals surface area contributed by atoms with Crippen LogP contribution >= 0.6 is 12.2 Å². The van der Waals surface area contributed by atoms with Gasteiger partial charge in [0.25, 0.3) is 5.69 Å². The Morgan fingerprint density at radius 3 is 2.36 bits per heavy atom. The van der Waals surface area contributed by atoms with E-state index in [1.54, 1.807) is 18.2 Å². The van der Waals surface area contributed by atoms with Crippen molar-refractivity contribution < 1.29 is 4.92 Å². The van der Waals surface area contributed by atoms with Crippen LogP contribution in [-0.4, -0.2) is 16.1 Å². The van der Waals surface area contributed by atoms with Crippen LogP contribution in [0.15, 0.2) is 48.5 Å². The summed E-state index contributed by atoms with van der Waals surface area (Å²) in [6, 6.07) is 14.3. The highest BCUT2D eigenvalue weighted by Crippen LogP contribution is 2.30. The molecule has 114 valence electrons. The molecule has 0 saturated carbocycles. The van der Waals surface area contributed by atoms with Crippen LogP contribution in [0.1, 0.15) is 13.8 Å². The van der Waals surface area contributed by atoms with Gasteiger partial charge in [0.15, 0.2) is 5.11 Å². The second-order valence-corrected chi connectivity index (χ2v) is 5.51. The molecule has 2 rings (SSSR count). The third-order valence-electron chi connectivity index (χ3n) is 2.97. The van der Waals surface area contributed by atoms with E-state index in [0.717, 1.165) is 11.3 Å². The van der Waals surface area contributed by atoms with Crippen LogP contribution in [0.5, 0.6) is 0 Å². The van der Waals surface area contributed by atoms with E-state index in [1.165, 1.54) is 6.07 Å². The standard InChI is InChI=1S/C16H17N3O2S/c1-11(2)17-16(22)18-13-9-7-12(8-10-13)14-5-3-4-6-15(14)19(20)21/h3-11H,1-2H3,(H2,17,18,22). The molecule has 0 aliphatic rings. The van der Waals surface area contributed by atoms with Gasteiger partial charge in [-0.25, -0.2) is 0 Å². The smallest absolute Gasteiger partial charge is 0.277 e. The van der Waals surface area contributed by atoms with Crippen LogP contribution in [0.25, 0.3) is 11.1 Å². The Morgan fingerprint density at radius 2 is 1.77 bits per heavy atom. The van der Waals surface area contributed by atoms with Gasteiger partial charge in [-0.1, -0.05) is 24.3 Å². The number of anilines is 1. The van der Waals surface area contributed by atoms with Gasteiger partial charge in [-0.15, -0.1) is 0 Å². The molecule has 6 heteroatoms. The molecular formula is C16H17N3O2S. The Balaban J connectivity index is 2.19. The summed E-state index contributed by atoms with van der Waals surface area (Å²) < 4.78 is 0. The van der Waals surface area contributed by atoms with E-state index in [2.05, 4.69) is 10.6 Å². The van der Waals surface area contributed by atoms with Crippen molar-refractivity contribution in [3.63, 3.8) is 0 Å². The van der Waals surface area contributed by atoms with E-state index in [4.69, 9.17) is 12.2 Å². The third kappa shape index (κ3) is 4.02. The molecule has 22 heavy (non-hydrogen) atoms. The van der Waals surface area contributed by atoms with Gasteiger partial charge in [-0.2, -0.15) is 0 Å². The quantitative estimate of drug-likeness (QED) is 0.508. The van der Waals surface area contributed by atoms with Crippen molar-refractivity contribution in [1.82, 2.24) is 5.32 Å². The van der Waals surface area contributed by atoms with Crippen molar-refractivity contribution in [2.75, 3.05) is 5.32 Å². The Labute approximate surface area is 134 Å². The molecule has 2 aromatic rings. The van der Waals surface area contributed by atoms with Gasteiger partial charge in [0, 0.05) is 17.8 Å². The van der Waals surface area contributed by atoms with E-state index in [-0.39, 0.29) is 16.7 Å². The first kappa shape index (κ1) is 15.9. The Hall–Kier alpha value is -2.47. The number of nitro groups is 1. The van der Waals surface area contributed by atoms with Gasteiger partial charge in [0.2, 0.25) is 0 Å². The maximum atomic E-state index is 11.1. The zero-order valence-corrected chi connectivity index (χ0v) is 13.2. The summed E-state index contributed by atoms with van der Waals surface area (Å²) >= 11 is 5.18. The number of rotatable bonds is 4. The molecule has 0 spiro atoms. The summed E-state index contributed by atoms with van der Waals surface area (Å²) in [4.78, 5) is 10.7. The molecule has 0 saturated heterocycles. The average Bonchev–Trinajstić information content (AvgIpc) is 2.47. The number of hydrogen-bond acceptors (Lipinski definition) is 3. The molecule has 0 aromatic heterocycles. The summed E-state index contributed by atoms with van der Waals surface area (Å²) in [6.07, 6.45) is 0. The lowest BCUT2D eigenvalue weighted by Gasteiger charge is -2.13. The molecule has 0 aliphatic heterocycles. The molecule has 0 radical (unpaired) electrons. The van der Waals surface area contributed by atoms with Crippen LogP contribution in [-0.2, 0) is 0 Å². The molecule has 0 atom stereocenters. The fraction of sp³-hybridized carbons (Fsp3) is 0.188. The monoisotopic (exact) mass is 315 g/mol. The van der Waals surface area contributed by atoms with Crippen molar-refractivity contribution in [1.29, 1.82) is 0 Å². The SMILES string of the molecule is CC(C)NC(=S)Nc1ccc(-c2ccccc2[N+](=O)[O-])cc1. The number of para-hydroxylation sites is 1. The van der Waals surface area contributed by atoms with Gasteiger partial charge in [-0.05, 0) is 49.8 Å². The van der Waals surface area contributed by atoms with Crippen molar-refractivity contribution in [2.45, 2.75) is 19.9 Å². The topological polar surface area (TPSA) is 67.2 Å². The van der Waals surface area contributed by atoms with Crippen molar-refractivity contribution in [3.8, 4) is 11.1 Å². The van der Waals surface area contributed by atoms with Crippen LogP contribution in [0, 0.1) is 10.1 Å². The summed E-state index contributed by atoms with van der Waals surface area (Å²) in [5.74, 6) is 0. The van der Waals surface area contributed by atoms with E-state index in [0.29, 0.717) is 10.7 Å². The van der Waals surface area contributed by atoms with Crippen molar-refractivity contribution >= 4 is 28.7 Å². The van der Waals surface area contributed by atoms with Gasteiger partial charge in [0.05, 0.1) is 10.5 Å². The lowest BCUT2D eigenvalue weighted by Crippen LogP contribution is -2.33. The van der Waals surface area contributed by atoms with Crippen molar-refractivity contribution in [3.05, 3.63) is 58.6 Å². The minimum absolute atomic E-state index is 0.0974. The molecule has 5 nitrogen and oxygen atoms in total. The molecule has 0 bridgehead atoms. The highest BCUT2D eigenvalue weighted by atomic mass is 32.1. The van der Waals surface area contributed by atoms with E-state index >= 15 is 0 Å². The zero-order chi connectivity index (χ0) is 16.1. The lowest BCUT2D eigenvalue weighted by molar-refractivity contribution is -0.384. The number of benzene rings is 2. The normalized spacial score (nSPS) is 10.3. The largest absolute Gasteiger partial charge is 0.360 e. The maximum absolute atomic E-state index is 11.1. The highest BCUT2D eigenvalue weighted by molar-refractivity contribution is 7.80. The fourth-order valence-electron chi connectivity index (χ4n) is 2.04. The van der Waals surface area contributed by atoms with Gasteiger partial charge >= 0.3 is 0 Å². The molecule has 0 amide bonds. The van der Waals surface area contributed by atoms with Crippen LogP contribution in [0.2, 0.25) is 0 Å².